The first-order valence-electron chi connectivity index (χ1n) is 12.6. The second-order valence-corrected chi connectivity index (χ2v) is 10.4. The SMILES string of the molecule is C=CCCCCC(=O)N(C1CCCC1)C1CC(C(=O)NCCO)=CC(Oc2ccccc2I)C1O. The summed E-state index contributed by atoms with van der Waals surface area (Å²) in [5, 5.41) is 23.4. The molecule has 1 aromatic rings. The van der Waals surface area contributed by atoms with E-state index in [0.717, 1.165) is 48.5 Å². The van der Waals surface area contributed by atoms with Crippen LogP contribution >= 0.6 is 22.6 Å². The molecule has 7 nitrogen and oxygen atoms in total. The highest BCUT2D eigenvalue weighted by Gasteiger charge is 2.43. The van der Waals surface area contributed by atoms with Gasteiger partial charge in [-0.1, -0.05) is 31.1 Å². The van der Waals surface area contributed by atoms with Crippen LogP contribution in [-0.4, -0.2) is 64.4 Å². The average molecular weight is 597 g/mol. The molecule has 2 aliphatic rings. The van der Waals surface area contributed by atoms with Gasteiger partial charge in [0, 0.05) is 31.0 Å². The summed E-state index contributed by atoms with van der Waals surface area (Å²) in [5.41, 5.74) is 0.465. The second kappa shape index (κ2) is 14.0. The van der Waals surface area contributed by atoms with Gasteiger partial charge in [-0.25, -0.2) is 0 Å². The van der Waals surface area contributed by atoms with Crippen molar-refractivity contribution in [1.82, 2.24) is 10.2 Å². The normalized spacial score (nSPS) is 22.4. The smallest absolute Gasteiger partial charge is 0.247 e. The van der Waals surface area contributed by atoms with Crippen molar-refractivity contribution in [3.8, 4) is 5.75 Å². The minimum absolute atomic E-state index is 0.0232. The molecular weight excluding hydrogens is 559 g/mol. The second-order valence-electron chi connectivity index (χ2n) is 9.22. The van der Waals surface area contributed by atoms with Gasteiger partial charge in [0.2, 0.25) is 11.8 Å². The number of nitrogens with one attached hydrogen (secondary N) is 1. The molecule has 0 bridgehead atoms. The first kappa shape index (κ1) is 27.7. The van der Waals surface area contributed by atoms with Gasteiger partial charge >= 0.3 is 0 Å². The first-order chi connectivity index (χ1) is 17.0. The number of rotatable bonds is 12. The van der Waals surface area contributed by atoms with Crippen LogP contribution in [0, 0.1) is 3.57 Å². The number of aliphatic hydroxyl groups excluding tert-OH is 2. The van der Waals surface area contributed by atoms with Gasteiger partial charge in [-0.2, -0.15) is 0 Å². The minimum Gasteiger partial charge on any atom is -0.482 e. The number of hydrogen-bond donors (Lipinski definition) is 3. The summed E-state index contributed by atoms with van der Waals surface area (Å²) in [5.74, 6) is 0.333. The largest absolute Gasteiger partial charge is 0.482 e. The number of allylic oxidation sites excluding steroid dienone is 1. The van der Waals surface area contributed by atoms with Gasteiger partial charge in [0.05, 0.1) is 16.2 Å². The van der Waals surface area contributed by atoms with Crippen molar-refractivity contribution >= 4 is 34.4 Å². The molecule has 2 aliphatic carbocycles. The molecule has 1 saturated carbocycles. The summed E-state index contributed by atoms with van der Waals surface area (Å²) >= 11 is 2.18. The predicted octanol–water partition coefficient (Wildman–Crippen LogP) is 3.72. The molecule has 1 aromatic carbocycles. The highest BCUT2D eigenvalue weighted by Crippen LogP contribution is 2.34. The van der Waals surface area contributed by atoms with Crippen LogP contribution in [0.4, 0.5) is 0 Å². The Morgan fingerprint density at radius 3 is 2.66 bits per heavy atom. The van der Waals surface area contributed by atoms with E-state index >= 15 is 0 Å². The van der Waals surface area contributed by atoms with E-state index in [-0.39, 0.29) is 37.4 Å². The van der Waals surface area contributed by atoms with Crippen LogP contribution in [0.1, 0.15) is 57.8 Å². The number of carbonyl (C=O) groups excluding carboxylic acids is 2. The molecule has 2 amide bonds. The molecule has 35 heavy (non-hydrogen) atoms. The van der Waals surface area contributed by atoms with Gasteiger partial charge < -0.3 is 25.2 Å². The van der Waals surface area contributed by atoms with Crippen molar-refractivity contribution in [3.63, 3.8) is 0 Å². The lowest BCUT2D eigenvalue weighted by Crippen LogP contribution is -2.57. The van der Waals surface area contributed by atoms with Gasteiger partial charge in [-0.15, -0.1) is 6.58 Å². The lowest BCUT2D eigenvalue weighted by Gasteiger charge is -2.43. The highest BCUT2D eigenvalue weighted by molar-refractivity contribution is 14.1. The number of hydrogen-bond acceptors (Lipinski definition) is 5. The molecule has 3 atom stereocenters. The summed E-state index contributed by atoms with van der Waals surface area (Å²) in [7, 11) is 0. The summed E-state index contributed by atoms with van der Waals surface area (Å²) in [6.45, 7) is 3.73. The lowest BCUT2D eigenvalue weighted by atomic mass is 9.87. The van der Waals surface area contributed by atoms with Gasteiger partial charge in [0.1, 0.15) is 18.0 Å². The number of aliphatic hydroxyl groups is 2. The Morgan fingerprint density at radius 1 is 1.23 bits per heavy atom. The van der Waals surface area contributed by atoms with Gasteiger partial charge in [0.15, 0.2) is 0 Å². The third kappa shape index (κ3) is 7.54. The summed E-state index contributed by atoms with van der Waals surface area (Å²) in [6, 6.07) is 7.01. The van der Waals surface area contributed by atoms with Crippen LogP contribution in [0.5, 0.6) is 5.75 Å². The molecule has 0 heterocycles. The summed E-state index contributed by atoms with van der Waals surface area (Å²) < 4.78 is 7.10. The standard InChI is InChI=1S/C27H37IN2O5/c1-2-3-4-5-14-25(32)30(20-10-6-7-11-20)22-17-19(27(34)29-15-16-31)18-24(26(22)33)35-23-13-9-8-12-21(23)28/h2,8-9,12-13,18,20,22,24,26,31,33H,1,3-7,10-11,14-17H2,(H,29,34). The molecule has 0 aliphatic heterocycles. The Bertz CT molecular complexity index is 899. The average Bonchev–Trinajstić information content (AvgIpc) is 3.38. The van der Waals surface area contributed by atoms with Crippen molar-refractivity contribution in [2.75, 3.05) is 13.2 Å². The zero-order valence-electron chi connectivity index (χ0n) is 20.2. The molecule has 3 rings (SSSR count). The topological polar surface area (TPSA) is 99.1 Å². The molecule has 0 aromatic heterocycles. The van der Waals surface area contributed by atoms with Gasteiger partial charge in [-0.05, 0) is 72.9 Å². The molecule has 0 radical (unpaired) electrons. The van der Waals surface area contributed by atoms with Crippen LogP contribution in [0.2, 0.25) is 0 Å². The molecule has 192 valence electrons. The number of ether oxygens (including phenoxy) is 1. The Balaban J connectivity index is 1.89. The molecule has 1 fully saturated rings. The molecule has 3 unspecified atom stereocenters. The zero-order valence-corrected chi connectivity index (χ0v) is 22.4. The predicted molar refractivity (Wildman–Crippen MR) is 144 cm³/mol. The molecule has 0 saturated heterocycles. The number of nitrogens with zero attached hydrogens (tertiary/aromatic N) is 1. The van der Waals surface area contributed by atoms with Gasteiger partial charge in [0.25, 0.3) is 0 Å². The van der Waals surface area contributed by atoms with Crippen LogP contribution in [0.3, 0.4) is 0 Å². The minimum atomic E-state index is -0.974. The van der Waals surface area contributed by atoms with E-state index in [1.165, 1.54) is 0 Å². The highest BCUT2D eigenvalue weighted by atomic mass is 127. The van der Waals surface area contributed by atoms with Crippen molar-refractivity contribution in [2.24, 2.45) is 0 Å². The summed E-state index contributed by atoms with van der Waals surface area (Å²) in [4.78, 5) is 28.3. The van der Waals surface area contributed by atoms with Gasteiger partial charge in [-0.3, -0.25) is 9.59 Å². The van der Waals surface area contributed by atoms with Crippen LogP contribution in [0.25, 0.3) is 0 Å². The molecule has 0 spiro atoms. The van der Waals surface area contributed by atoms with E-state index in [2.05, 4.69) is 34.5 Å². The van der Waals surface area contributed by atoms with E-state index in [9.17, 15) is 14.7 Å². The Labute approximate surface area is 221 Å². The monoisotopic (exact) mass is 596 g/mol. The van der Waals surface area contributed by atoms with E-state index in [4.69, 9.17) is 9.84 Å². The van der Waals surface area contributed by atoms with E-state index in [1.807, 2.05) is 35.2 Å². The number of unbranched alkanes of at least 4 members (excludes halogenated alkanes) is 2. The van der Waals surface area contributed by atoms with E-state index in [1.54, 1.807) is 6.08 Å². The van der Waals surface area contributed by atoms with Crippen molar-refractivity contribution < 1.29 is 24.5 Å². The maximum atomic E-state index is 13.5. The Kier molecular flexibility index (Phi) is 11.1. The fourth-order valence-corrected chi connectivity index (χ4v) is 5.49. The van der Waals surface area contributed by atoms with Crippen molar-refractivity contribution in [2.45, 2.75) is 82.1 Å². The van der Waals surface area contributed by atoms with Crippen LogP contribution in [0.15, 0.2) is 48.6 Å². The molecule has 8 heteroatoms. The Morgan fingerprint density at radius 2 is 1.97 bits per heavy atom. The molecule has 3 N–H and O–H groups in total. The quantitative estimate of drug-likeness (QED) is 0.194. The number of halogens is 1. The number of benzene rings is 1. The third-order valence-electron chi connectivity index (χ3n) is 6.73. The maximum Gasteiger partial charge on any atom is 0.247 e. The van der Waals surface area contributed by atoms with Crippen LogP contribution < -0.4 is 10.1 Å². The third-order valence-corrected chi connectivity index (χ3v) is 7.62. The maximum absolute atomic E-state index is 13.5. The lowest BCUT2D eigenvalue weighted by molar-refractivity contribution is -0.142. The van der Waals surface area contributed by atoms with Crippen LogP contribution in [-0.2, 0) is 9.59 Å². The van der Waals surface area contributed by atoms with E-state index < -0.39 is 18.2 Å². The van der Waals surface area contributed by atoms with Crippen molar-refractivity contribution in [3.05, 3.63) is 52.1 Å². The first-order valence-corrected chi connectivity index (χ1v) is 13.6. The van der Waals surface area contributed by atoms with E-state index in [0.29, 0.717) is 17.7 Å². The number of carbonyl (C=O) groups is 2. The summed E-state index contributed by atoms with van der Waals surface area (Å²) in [6.07, 6.45) is 8.86. The fraction of sp³-hybridized carbons (Fsp3) is 0.556. The Hall–Kier alpha value is -1.91. The number of amides is 2. The van der Waals surface area contributed by atoms with Crippen molar-refractivity contribution in [1.29, 1.82) is 0 Å². The fourth-order valence-electron chi connectivity index (χ4n) is 4.97. The molecular formula is C27H37IN2O5. The zero-order chi connectivity index (χ0) is 25.2. The number of para-hydroxylation sites is 1.